The SMILES string of the molecule is CCOC(=O)c1nn(CC(=O)OC)c2c1[C@H]1CC1C2=O. The van der Waals surface area contributed by atoms with Crippen molar-refractivity contribution < 1.29 is 23.9 Å². The standard InChI is InChI=1S/C13H14N2O5/c1-3-20-13(18)10-9-6-4-7(6)12(17)11(9)15(14-10)5-8(16)19-2/h6-7H,3-5H2,1-2H3/t6-,7?/m0/s1. The number of hydrogen-bond acceptors (Lipinski definition) is 6. The summed E-state index contributed by atoms with van der Waals surface area (Å²) in [5, 5.41) is 4.09. The van der Waals surface area contributed by atoms with Gasteiger partial charge in [0.1, 0.15) is 12.2 Å². The number of rotatable bonds is 4. The molecule has 0 spiro atoms. The zero-order chi connectivity index (χ0) is 14.4. The Bertz CT molecular complexity index is 619. The summed E-state index contributed by atoms with van der Waals surface area (Å²) in [6.45, 7) is 1.76. The molecule has 0 aromatic carbocycles. The maximum atomic E-state index is 12.2. The first kappa shape index (κ1) is 12.8. The van der Waals surface area contributed by atoms with Crippen LogP contribution in [-0.4, -0.2) is 41.2 Å². The minimum absolute atomic E-state index is 0.0445. The second-order valence-corrected chi connectivity index (χ2v) is 4.88. The van der Waals surface area contributed by atoms with Crippen LogP contribution in [0.5, 0.6) is 0 Å². The number of ether oxygens (including phenoxy) is 2. The molecule has 7 nitrogen and oxygen atoms in total. The van der Waals surface area contributed by atoms with E-state index < -0.39 is 11.9 Å². The Labute approximate surface area is 114 Å². The average Bonchev–Trinajstić information content (AvgIpc) is 3.05. The zero-order valence-electron chi connectivity index (χ0n) is 11.2. The minimum atomic E-state index is -0.548. The topological polar surface area (TPSA) is 87.5 Å². The van der Waals surface area contributed by atoms with Gasteiger partial charge in [0.15, 0.2) is 11.5 Å². The van der Waals surface area contributed by atoms with Gasteiger partial charge in [-0.1, -0.05) is 0 Å². The molecule has 2 aliphatic rings. The second-order valence-electron chi connectivity index (χ2n) is 4.88. The molecule has 1 heterocycles. The normalized spacial score (nSPS) is 22.2. The Morgan fingerprint density at radius 1 is 1.40 bits per heavy atom. The van der Waals surface area contributed by atoms with E-state index in [2.05, 4.69) is 9.84 Å². The largest absolute Gasteiger partial charge is 0.468 e. The van der Waals surface area contributed by atoms with E-state index >= 15 is 0 Å². The van der Waals surface area contributed by atoms with Gasteiger partial charge in [0.25, 0.3) is 0 Å². The Morgan fingerprint density at radius 2 is 2.15 bits per heavy atom. The summed E-state index contributed by atoms with van der Waals surface area (Å²) >= 11 is 0. The van der Waals surface area contributed by atoms with Crippen LogP contribution in [0.4, 0.5) is 0 Å². The van der Waals surface area contributed by atoms with Crippen LogP contribution in [0, 0.1) is 5.92 Å². The lowest BCUT2D eigenvalue weighted by molar-refractivity contribution is -0.141. The predicted molar refractivity (Wildman–Crippen MR) is 65.4 cm³/mol. The molecule has 0 N–H and O–H groups in total. The van der Waals surface area contributed by atoms with Crippen LogP contribution in [-0.2, 0) is 20.8 Å². The number of ketones is 1. The molecule has 1 unspecified atom stereocenters. The molecule has 2 aliphatic carbocycles. The van der Waals surface area contributed by atoms with E-state index in [1.54, 1.807) is 6.92 Å². The highest BCUT2D eigenvalue weighted by Crippen LogP contribution is 2.57. The Kier molecular flexibility index (Phi) is 2.84. The summed E-state index contributed by atoms with van der Waals surface area (Å²) in [6.07, 6.45) is 0.752. The number of nitrogens with zero attached hydrogens (tertiary/aromatic N) is 2. The molecule has 20 heavy (non-hydrogen) atoms. The summed E-state index contributed by atoms with van der Waals surface area (Å²) in [5.74, 6) is -1.10. The van der Waals surface area contributed by atoms with E-state index in [1.807, 2.05) is 0 Å². The summed E-state index contributed by atoms with van der Waals surface area (Å²) in [4.78, 5) is 35.5. The van der Waals surface area contributed by atoms with Gasteiger partial charge in [0.05, 0.1) is 13.7 Å². The number of carbonyl (C=O) groups excluding carboxylic acids is 3. The molecule has 1 aromatic rings. The quantitative estimate of drug-likeness (QED) is 0.747. The molecule has 7 heteroatoms. The van der Waals surface area contributed by atoms with Crippen LogP contribution < -0.4 is 0 Å². The van der Waals surface area contributed by atoms with E-state index in [0.717, 1.165) is 6.42 Å². The molecule has 2 atom stereocenters. The summed E-state index contributed by atoms with van der Waals surface area (Å²) < 4.78 is 10.8. The first-order valence-electron chi connectivity index (χ1n) is 6.47. The molecule has 1 fully saturated rings. The van der Waals surface area contributed by atoms with Gasteiger partial charge in [-0.2, -0.15) is 5.10 Å². The summed E-state index contributed by atoms with van der Waals surface area (Å²) in [5.41, 5.74) is 1.16. The zero-order valence-corrected chi connectivity index (χ0v) is 11.2. The Morgan fingerprint density at radius 3 is 2.80 bits per heavy atom. The predicted octanol–water partition coefficient (Wildman–Crippen LogP) is 0.533. The van der Waals surface area contributed by atoms with Crippen molar-refractivity contribution in [3.8, 4) is 0 Å². The van der Waals surface area contributed by atoms with Gasteiger partial charge >= 0.3 is 11.9 Å². The number of Topliss-reactive ketones (excluding diaryl/α,β-unsaturated/α-hetero) is 1. The summed E-state index contributed by atoms with van der Waals surface area (Å²) in [6, 6.07) is 0. The van der Waals surface area contributed by atoms with Crippen molar-refractivity contribution in [1.82, 2.24) is 9.78 Å². The highest BCUT2D eigenvalue weighted by atomic mass is 16.5. The van der Waals surface area contributed by atoms with Crippen molar-refractivity contribution in [1.29, 1.82) is 0 Å². The molecule has 106 valence electrons. The lowest BCUT2D eigenvalue weighted by Crippen LogP contribution is -2.18. The van der Waals surface area contributed by atoms with Gasteiger partial charge in [-0.3, -0.25) is 9.59 Å². The van der Waals surface area contributed by atoms with Crippen LogP contribution in [0.3, 0.4) is 0 Å². The van der Waals surface area contributed by atoms with Crippen molar-refractivity contribution in [2.75, 3.05) is 13.7 Å². The Balaban J connectivity index is 2.02. The maximum absolute atomic E-state index is 12.2. The van der Waals surface area contributed by atoms with Gasteiger partial charge in [0, 0.05) is 11.5 Å². The van der Waals surface area contributed by atoms with Crippen molar-refractivity contribution in [2.24, 2.45) is 5.92 Å². The number of hydrogen-bond donors (Lipinski definition) is 0. The van der Waals surface area contributed by atoms with Gasteiger partial charge in [-0.25, -0.2) is 9.48 Å². The smallest absolute Gasteiger partial charge is 0.359 e. The monoisotopic (exact) mass is 278 g/mol. The van der Waals surface area contributed by atoms with Crippen LogP contribution in [0.1, 0.15) is 45.8 Å². The molecular formula is C13H14N2O5. The highest BCUT2D eigenvalue weighted by molar-refractivity contribution is 6.07. The molecule has 3 rings (SSSR count). The molecule has 0 radical (unpaired) electrons. The first-order chi connectivity index (χ1) is 9.58. The number of fused-ring (bicyclic) bond motifs is 3. The number of esters is 2. The Hall–Kier alpha value is -2.18. The lowest BCUT2D eigenvalue weighted by Gasteiger charge is -2.03. The first-order valence-corrected chi connectivity index (χ1v) is 6.47. The second kappa shape index (κ2) is 4.43. The van der Waals surface area contributed by atoms with Crippen molar-refractivity contribution in [3.05, 3.63) is 17.0 Å². The van der Waals surface area contributed by atoms with Crippen LogP contribution in [0.15, 0.2) is 0 Å². The fourth-order valence-corrected chi connectivity index (χ4v) is 2.72. The molecule has 0 aliphatic heterocycles. The molecule has 0 saturated heterocycles. The van der Waals surface area contributed by atoms with Gasteiger partial charge in [0.2, 0.25) is 0 Å². The van der Waals surface area contributed by atoms with E-state index in [1.165, 1.54) is 11.8 Å². The third-order valence-electron chi connectivity index (χ3n) is 3.70. The number of carbonyl (C=O) groups is 3. The molecule has 0 bridgehead atoms. The van der Waals surface area contributed by atoms with Crippen molar-refractivity contribution in [2.45, 2.75) is 25.8 Å². The number of aromatic nitrogens is 2. The van der Waals surface area contributed by atoms with Crippen molar-refractivity contribution in [3.63, 3.8) is 0 Å². The summed E-state index contributed by atoms with van der Waals surface area (Å²) in [7, 11) is 1.26. The lowest BCUT2D eigenvalue weighted by atomic mass is 10.1. The average molecular weight is 278 g/mol. The molecular weight excluding hydrogens is 264 g/mol. The fourth-order valence-electron chi connectivity index (χ4n) is 2.72. The van der Waals surface area contributed by atoms with Gasteiger partial charge < -0.3 is 9.47 Å². The van der Waals surface area contributed by atoms with E-state index in [0.29, 0.717) is 11.3 Å². The molecule has 1 aromatic heterocycles. The fraction of sp³-hybridized carbons (Fsp3) is 0.538. The minimum Gasteiger partial charge on any atom is -0.468 e. The van der Waals surface area contributed by atoms with Gasteiger partial charge in [-0.15, -0.1) is 0 Å². The number of methoxy groups -OCH3 is 1. The maximum Gasteiger partial charge on any atom is 0.359 e. The third kappa shape index (κ3) is 1.73. The third-order valence-corrected chi connectivity index (χ3v) is 3.70. The molecule has 1 saturated carbocycles. The van der Waals surface area contributed by atoms with E-state index in [4.69, 9.17) is 4.74 Å². The van der Waals surface area contributed by atoms with E-state index in [9.17, 15) is 14.4 Å². The van der Waals surface area contributed by atoms with E-state index in [-0.39, 0.29) is 36.5 Å². The molecule has 0 amide bonds. The van der Waals surface area contributed by atoms with Crippen molar-refractivity contribution >= 4 is 17.7 Å². The van der Waals surface area contributed by atoms with Crippen LogP contribution in [0.2, 0.25) is 0 Å². The van der Waals surface area contributed by atoms with Gasteiger partial charge in [-0.05, 0) is 19.3 Å². The van der Waals surface area contributed by atoms with Crippen LogP contribution in [0.25, 0.3) is 0 Å². The van der Waals surface area contributed by atoms with Crippen LogP contribution >= 0.6 is 0 Å². The highest BCUT2D eigenvalue weighted by Gasteiger charge is 2.56.